The molecule has 0 aromatic carbocycles. The van der Waals surface area contributed by atoms with Gasteiger partial charge < -0.3 is 0 Å². The lowest BCUT2D eigenvalue weighted by atomic mass is 10.4. The first kappa shape index (κ1) is 10.9. The van der Waals surface area contributed by atoms with Gasteiger partial charge in [0.05, 0.1) is 11.9 Å². The molecular formula is C9H12N4O2S. The number of rotatable bonds is 2. The molecule has 6 nitrogen and oxygen atoms in total. The first-order valence-corrected chi connectivity index (χ1v) is 6.12. The highest BCUT2D eigenvalue weighted by atomic mass is 32.2. The van der Waals surface area contributed by atoms with E-state index in [2.05, 4.69) is 10.2 Å². The third-order valence-corrected chi connectivity index (χ3v) is 3.83. The molecule has 0 N–H and O–H groups in total. The van der Waals surface area contributed by atoms with Crippen molar-refractivity contribution in [2.24, 2.45) is 7.05 Å². The van der Waals surface area contributed by atoms with Crippen LogP contribution in [0.25, 0.3) is 0 Å². The van der Waals surface area contributed by atoms with Gasteiger partial charge in [-0.1, -0.05) is 0 Å². The predicted molar refractivity (Wildman–Crippen MR) is 57.5 cm³/mol. The molecule has 0 aliphatic rings. The van der Waals surface area contributed by atoms with Gasteiger partial charge in [0.1, 0.15) is 4.90 Å². The number of aromatic nitrogens is 4. The molecule has 2 rings (SSSR count). The molecule has 0 unspecified atom stereocenters. The Morgan fingerprint density at radius 2 is 1.94 bits per heavy atom. The summed E-state index contributed by atoms with van der Waals surface area (Å²) in [6.45, 7) is 3.44. The predicted octanol–water partition coefficient (Wildman–Crippen LogP) is 0.470. The van der Waals surface area contributed by atoms with E-state index in [-0.39, 0.29) is 4.90 Å². The Hall–Kier alpha value is -1.63. The minimum atomic E-state index is -3.61. The summed E-state index contributed by atoms with van der Waals surface area (Å²) in [6.07, 6.45) is 4.45. The van der Waals surface area contributed by atoms with E-state index >= 15 is 0 Å². The van der Waals surface area contributed by atoms with Crippen LogP contribution in [0.4, 0.5) is 0 Å². The second-order valence-corrected chi connectivity index (χ2v) is 5.41. The number of nitrogens with zero attached hydrogens (tertiary/aromatic N) is 4. The summed E-state index contributed by atoms with van der Waals surface area (Å²) in [7, 11) is -1.92. The lowest BCUT2D eigenvalue weighted by Gasteiger charge is -2.01. The molecule has 0 fully saturated rings. The molecular weight excluding hydrogens is 228 g/mol. The SMILES string of the molecule is Cc1cnn(S(=O)(=O)c2cn(C)nc2C)c1. The first-order chi connectivity index (χ1) is 7.41. The average molecular weight is 240 g/mol. The van der Waals surface area contributed by atoms with Gasteiger partial charge in [-0.05, 0) is 19.4 Å². The van der Waals surface area contributed by atoms with Crippen molar-refractivity contribution in [3.8, 4) is 0 Å². The highest BCUT2D eigenvalue weighted by molar-refractivity contribution is 7.89. The average Bonchev–Trinajstić information content (AvgIpc) is 2.73. The topological polar surface area (TPSA) is 69.8 Å². The van der Waals surface area contributed by atoms with Crippen LogP contribution < -0.4 is 0 Å². The molecule has 0 spiro atoms. The van der Waals surface area contributed by atoms with Gasteiger partial charge >= 0.3 is 0 Å². The van der Waals surface area contributed by atoms with Crippen LogP contribution in [-0.4, -0.2) is 27.4 Å². The van der Waals surface area contributed by atoms with Crippen molar-refractivity contribution < 1.29 is 8.42 Å². The van der Waals surface area contributed by atoms with E-state index in [0.717, 1.165) is 9.65 Å². The van der Waals surface area contributed by atoms with Gasteiger partial charge in [0.2, 0.25) is 0 Å². The van der Waals surface area contributed by atoms with Crippen molar-refractivity contribution in [2.75, 3.05) is 0 Å². The largest absolute Gasteiger partial charge is 0.286 e. The monoisotopic (exact) mass is 240 g/mol. The molecule has 0 aliphatic carbocycles. The quantitative estimate of drug-likeness (QED) is 0.765. The van der Waals surface area contributed by atoms with Crippen LogP contribution in [-0.2, 0) is 17.1 Å². The van der Waals surface area contributed by atoms with Gasteiger partial charge in [0.15, 0.2) is 0 Å². The van der Waals surface area contributed by atoms with Crippen molar-refractivity contribution in [3.05, 3.63) is 29.8 Å². The molecule has 2 aromatic rings. The highest BCUT2D eigenvalue weighted by Gasteiger charge is 2.22. The zero-order valence-electron chi connectivity index (χ0n) is 9.25. The van der Waals surface area contributed by atoms with E-state index in [4.69, 9.17) is 0 Å². The zero-order chi connectivity index (χ0) is 11.9. The van der Waals surface area contributed by atoms with Crippen LogP contribution in [0.1, 0.15) is 11.3 Å². The van der Waals surface area contributed by atoms with Crippen LogP contribution in [0.3, 0.4) is 0 Å². The molecule has 16 heavy (non-hydrogen) atoms. The Kier molecular flexibility index (Phi) is 2.34. The molecule has 0 aliphatic heterocycles. The molecule has 86 valence electrons. The van der Waals surface area contributed by atoms with Gasteiger partial charge in [-0.3, -0.25) is 4.68 Å². The fourth-order valence-electron chi connectivity index (χ4n) is 1.45. The smallest absolute Gasteiger partial charge is 0.274 e. The first-order valence-electron chi connectivity index (χ1n) is 4.68. The van der Waals surface area contributed by atoms with Gasteiger partial charge in [0, 0.05) is 19.4 Å². The minimum absolute atomic E-state index is 0.179. The van der Waals surface area contributed by atoms with Crippen molar-refractivity contribution >= 4 is 10.0 Å². The standard InChI is InChI=1S/C9H12N4O2S/c1-7-4-10-13(5-7)16(14,15)9-6-12(3)11-8(9)2/h4-6H,1-3H3. The van der Waals surface area contributed by atoms with E-state index in [1.807, 2.05) is 0 Å². The maximum Gasteiger partial charge on any atom is 0.286 e. The Morgan fingerprint density at radius 3 is 2.38 bits per heavy atom. The van der Waals surface area contributed by atoms with Gasteiger partial charge in [0.25, 0.3) is 10.0 Å². The lowest BCUT2D eigenvalue weighted by Crippen LogP contribution is -2.13. The van der Waals surface area contributed by atoms with Crippen molar-refractivity contribution in [1.82, 2.24) is 19.0 Å². The molecule has 0 saturated heterocycles. The van der Waals surface area contributed by atoms with Crippen LogP contribution in [0, 0.1) is 13.8 Å². The van der Waals surface area contributed by atoms with Crippen molar-refractivity contribution in [2.45, 2.75) is 18.7 Å². The van der Waals surface area contributed by atoms with Crippen molar-refractivity contribution in [3.63, 3.8) is 0 Å². The van der Waals surface area contributed by atoms with Gasteiger partial charge in [-0.2, -0.15) is 22.7 Å². The van der Waals surface area contributed by atoms with Crippen LogP contribution in [0.5, 0.6) is 0 Å². The second kappa shape index (κ2) is 3.44. The summed E-state index contributed by atoms with van der Waals surface area (Å²) in [6, 6.07) is 0. The summed E-state index contributed by atoms with van der Waals surface area (Å²) < 4.78 is 26.7. The summed E-state index contributed by atoms with van der Waals surface area (Å²) in [4.78, 5) is 0.179. The summed E-state index contributed by atoms with van der Waals surface area (Å²) in [5.74, 6) is 0. The third-order valence-electron chi connectivity index (χ3n) is 2.18. The van der Waals surface area contributed by atoms with E-state index < -0.39 is 10.0 Å². The number of aryl methyl sites for hydroxylation is 3. The fraction of sp³-hybridized carbons (Fsp3) is 0.333. The molecule has 0 saturated carbocycles. The fourth-order valence-corrected chi connectivity index (χ4v) is 2.83. The maximum atomic E-state index is 12.1. The summed E-state index contributed by atoms with van der Waals surface area (Å²) in [5, 5.41) is 7.81. The Bertz CT molecular complexity index is 624. The van der Waals surface area contributed by atoms with Crippen LogP contribution in [0.15, 0.2) is 23.5 Å². The molecule has 0 amide bonds. The highest BCUT2D eigenvalue weighted by Crippen LogP contribution is 2.16. The van der Waals surface area contributed by atoms with E-state index in [9.17, 15) is 8.42 Å². The molecule has 0 bridgehead atoms. The zero-order valence-corrected chi connectivity index (χ0v) is 10.1. The molecule has 7 heteroatoms. The Labute approximate surface area is 93.6 Å². The second-order valence-electron chi connectivity index (χ2n) is 3.65. The number of hydrogen-bond acceptors (Lipinski definition) is 4. The van der Waals surface area contributed by atoms with Crippen LogP contribution >= 0.6 is 0 Å². The third kappa shape index (κ3) is 1.63. The van der Waals surface area contributed by atoms with E-state index in [0.29, 0.717) is 5.69 Å². The molecule has 0 atom stereocenters. The summed E-state index contributed by atoms with van der Waals surface area (Å²) >= 11 is 0. The summed E-state index contributed by atoms with van der Waals surface area (Å²) in [5.41, 5.74) is 1.26. The molecule has 2 heterocycles. The maximum absolute atomic E-state index is 12.1. The van der Waals surface area contributed by atoms with Gasteiger partial charge in [-0.25, -0.2) is 0 Å². The van der Waals surface area contributed by atoms with Gasteiger partial charge in [-0.15, -0.1) is 0 Å². The van der Waals surface area contributed by atoms with E-state index in [1.165, 1.54) is 23.3 Å². The normalized spacial score (nSPS) is 11.9. The van der Waals surface area contributed by atoms with E-state index in [1.54, 1.807) is 20.9 Å². The van der Waals surface area contributed by atoms with Crippen molar-refractivity contribution in [1.29, 1.82) is 0 Å². The Morgan fingerprint density at radius 1 is 1.25 bits per heavy atom. The Balaban J connectivity index is 2.59. The number of hydrogen-bond donors (Lipinski definition) is 0. The lowest BCUT2D eigenvalue weighted by molar-refractivity contribution is 0.579. The van der Waals surface area contributed by atoms with Crippen LogP contribution in [0.2, 0.25) is 0 Å². The molecule has 2 aromatic heterocycles. The molecule has 0 radical (unpaired) electrons. The minimum Gasteiger partial charge on any atom is -0.274 e.